The van der Waals surface area contributed by atoms with Crippen LogP contribution in [0.25, 0.3) is 0 Å². The van der Waals surface area contributed by atoms with Crippen molar-refractivity contribution in [3.05, 3.63) is 0 Å². The maximum Gasteiger partial charge on any atom is 0.561 e. The standard InChI is InChI=1S/C19H42F3N3P/c1-7-13-23(14-8-2)26(19(20,21)22,24(15-9-3)16-10-4)25(17-11-5)18-12-6/h7-18H2,1-6H3/q+1. The van der Waals surface area contributed by atoms with Gasteiger partial charge in [-0.1, -0.05) is 41.5 Å². The molecule has 0 atom stereocenters. The van der Waals surface area contributed by atoms with Gasteiger partial charge in [-0.05, 0) is 38.5 Å². The number of halogens is 3. The van der Waals surface area contributed by atoms with Gasteiger partial charge in [0, 0.05) is 39.3 Å². The van der Waals surface area contributed by atoms with Crippen LogP contribution in [0.4, 0.5) is 13.2 Å². The molecule has 0 heterocycles. The van der Waals surface area contributed by atoms with E-state index in [-0.39, 0.29) is 0 Å². The molecule has 3 nitrogen and oxygen atoms in total. The maximum atomic E-state index is 15.0. The largest absolute Gasteiger partial charge is 0.561 e. The van der Waals surface area contributed by atoms with E-state index in [9.17, 15) is 13.2 Å². The predicted molar refractivity (Wildman–Crippen MR) is 109 cm³/mol. The van der Waals surface area contributed by atoms with Crippen LogP contribution in [0.5, 0.6) is 0 Å². The lowest BCUT2D eigenvalue weighted by Gasteiger charge is -2.47. The first-order valence-corrected chi connectivity index (χ1v) is 12.2. The highest BCUT2D eigenvalue weighted by Crippen LogP contribution is 2.77. The van der Waals surface area contributed by atoms with E-state index in [0.29, 0.717) is 39.3 Å². The summed E-state index contributed by atoms with van der Waals surface area (Å²) < 4.78 is 50.4. The third-order valence-corrected chi connectivity index (χ3v) is 8.66. The van der Waals surface area contributed by atoms with Crippen molar-refractivity contribution < 1.29 is 13.2 Å². The van der Waals surface area contributed by atoms with Crippen molar-refractivity contribution in [1.29, 1.82) is 0 Å². The van der Waals surface area contributed by atoms with Gasteiger partial charge in [0.15, 0.2) is 0 Å². The van der Waals surface area contributed by atoms with E-state index in [1.807, 2.05) is 55.6 Å². The molecule has 0 amide bonds. The Morgan fingerprint density at radius 1 is 0.500 bits per heavy atom. The van der Waals surface area contributed by atoms with Gasteiger partial charge in [0.25, 0.3) is 0 Å². The summed E-state index contributed by atoms with van der Waals surface area (Å²) in [5.74, 6) is -4.23. The second kappa shape index (κ2) is 13.3. The maximum absolute atomic E-state index is 15.0. The molecular formula is C19H42F3N3P+. The van der Waals surface area contributed by atoms with Crippen LogP contribution >= 0.6 is 7.71 Å². The lowest BCUT2D eigenvalue weighted by atomic mass is 10.4. The van der Waals surface area contributed by atoms with Crippen molar-refractivity contribution in [2.75, 3.05) is 39.3 Å². The molecule has 0 aromatic heterocycles. The average Bonchev–Trinajstić information content (AvgIpc) is 2.55. The Labute approximate surface area is 160 Å². The molecule has 0 aromatic carbocycles. The van der Waals surface area contributed by atoms with Gasteiger partial charge >= 0.3 is 13.6 Å². The third-order valence-electron chi connectivity index (χ3n) is 4.41. The lowest BCUT2D eigenvalue weighted by Crippen LogP contribution is -2.52. The summed E-state index contributed by atoms with van der Waals surface area (Å²) >= 11 is 0. The van der Waals surface area contributed by atoms with Crippen LogP contribution in [0.15, 0.2) is 0 Å². The lowest BCUT2D eigenvalue weighted by molar-refractivity contribution is -0.0643. The Hall–Kier alpha value is 0.100. The smallest absolute Gasteiger partial charge is 0.140 e. The normalized spacial score (nSPS) is 13.4. The van der Waals surface area contributed by atoms with E-state index in [1.54, 1.807) is 0 Å². The topological polar surface area (TPSA) is 9.72 Å². The van der Waals surface area contributed by atoms with Crippen LogP contribution in [-0.2, 0) is 0 Å². The van der Waals surface area contributed by atoms with Gasteiger partial charge in [0.2, 0.25) is 0 Å². The van der Waals surface area contributed by atoms with Gasteiger partial charge in [0.05, 0.1) is 0 Å². The monoisotopic (exact) mass is 400 g/mol. The first-order valence-electron chi connectivity index (χ1n) is 10.5. The summed E-state index contributed by atoms with van der Waals surface area (Å²) in [7, 11) is -3.61. The second-order valence-corrected chi connectivity index (χ2v) is 10.2. The van der Waals surface area contributed by atoms with Gasteiger partial charge in [0.1, 0.15) is 0 Å². The highest BCUT2D eigenvalue weighted by Gasteiger charge is 2.74. The minimum absolute atomic E-state index is 0.509. The quantitative estimate of drug-likeness (QED) is 0.286. The molecule has 0 aliphatic carbocycles. The van der Waals surface area contributed by atoms with Crippen molar-refractivity contribution in [3.63, 3.8) is 0 Å². The fraction of sp³-hybridized carbons (Fsp3) is 1.00. The second-order valence-electron chi connectivity index (χ2n) is 6.90. The molecule has 0 saturated heterocycles. The van der Waals surface area contributed by atoms with Crippen LogP contribution in [0.2, 0.25) is 0 Å². The Morgan fingerprint density at radius 3 is 0.808 bits per heavy atom. The van der Waals surface area contributed by atoms with Crippen LogP contribution in [0, 0.1) is 0 Å². The molecule has 158 valence electrons. The molecular weight excluding hydrogens is 358 g/mol. The molecule has 0 bridgehead atoms. The molecule has 0 aromatic rings. The zero-order chi connectivity index (χ0) is 20.2. The Kier molecular flexibility index (Phi) is 13.4. The van der Waals surface area contributed by atoms with E-state index in [1.165, 1.54) is 0 Å². The van der Waals surface area contributed by atoms with Crippen LogP contribution in [0.1, 0.15) is 80.1 Å². The van der Waals surface area contributed by atoms with Crippen molar-refractivity contribution in [3.8, 4) is 0 Å². The van der Waals surface area contributed by atoms with Crippen molar-refractivity contribution in [1.82, 2.24) is 14.0 Å². The van der Waals surface area contributed by atoms with Gasteiger partial charge < -0.3 is 0 Å². The molecule has 0 saturated carbocycles. The zero-order valence-corrected chi connectivity index (χ0v) is 18.8. The molecule has 0 radical (unpaired) electrons. The fourth-order valence-corrected chi connectivity index (χ4v) is 8.65. The van der Waals surface area contributed by atoms with Crippen molar-refractivity contribution in [2.24, 2.45) is 0 Å². The third kappa shape index (κ3) is 6.32. The summed E-state index contributed by atoms with van der Waals surface area (Å²) in [5.41, 5.74) is 0. The van der Waals surface area contributed by atoms with Gasteiger partial charge in [-0.2, -0.15) is 0 Å². The molecule has 0 N–H and O–H groups in total. The van der Waals surface area contributed by atoms with Crippen LogP contribution in [-0.4, -0.2) is 59.2 Å². The molecule has 0 unspecified atom stereocenters. The zero-order valence-electron chi connectivity index (χ0n) is 17.9. The summed E-state index contributed by atoms with van der Waals surface area (Å²) in [6.45, 7) is 15.0. The Bertz CT molecular complexity index is 295. The molecule has 0 spiro atoms. The predicted octanol–water partition coefficient (Wildman–Crippen LogP) is 6.63. The first-order chi connectivity index (χ1) is 12.3. The Balaban J connectivity index is 6.55. The number of alkyl halides is 3. The van der Waals surface area contributed by atoms with Gasteiger partial charge in [-0.15, -0.1) is 27.2 Å². The highest BCUT2D eigenvalue weighted by molar-refractivity contribution is 7.70. The number of hydrogen-bond acceptors (Lipinski definition) is 3. The molecule has 0 aliphatic rings. The molecule has 0 fully saturated rings. The first kappa shape index (κ1) is 26.1. The summed E-state index contributed by atoms with van der Waals surface area (Å²) in [4.78, 5) is 0. The summed E-state index contributed by atoms with van der Waals surface area (Å²) in [6.07, 6.45) is 4.48. The summed E-state index contributed by atoms with van der Waals surface area (Å²) in [5, 5.41) is 0. The van der Waals surface area contributed by atoms with E-state index >= 15 is 0 Å². The van der Waals surface area contributed by atoms with Crippen LogP contribution < -0.4 is 0 Å². The van der Waals surface area contributed by atoms with E-state index < -0.39 is 13.6 Å². The van der Waals surface area contributed by atoms with E-state index in [2.05, 4.69) is 0 Å². The number of hydrogen-bond donors (Lipinski definition) is 0. The minimum atomic E-state index is -4.23. The SMILES string of the molecule is CCCN(CCC)[P+](N(CCC)CCC)(N(CCC)CCC)C(F)(F)F. The highest BCUT2D eigenvalue weighted by atomic mass is 31.2. The minimum Gasteiger partial charge on any atom is -0.140 e. The van der Waals surface area contributed by atoms with Crippen LogP contribution in [0.3, 0.4) is 0 Å². The summed E-state index contributed by atoms with van der Waals surface area (Å²) in [6, 6.07) is 0. The van der Waals surface area contributed by atoms with Gasteiger partial charge in [-0.3, -0.25) is 0 Å². The van der Waals surface area contributed by atoms with E-state index in [4.69, 9.17) is 0 Å². The Morgan fingerprint density at radius 2 is 0.692 bits per heavy atom. The molecule has 0 aliphatic heterocycles. The van der Waals surface area contributed by atoms with Gasteiger partial charge in [-0.25, -0.2) is 0 Å². The molecule has 26 heavy (non-hydrogen) atoms. The number of rotatable bonds is 15. The van der Waals surface area contributed by atoms with Crippen molar-refractivity contribution in [2.45, 2.75) is 86.0 Å². The van der Waals surface area contributed by atoms with Crippen molar-refractivity contribution >= 4 is 7.71 Å². The molecule has 0 rings (SSSR count). The van der Waals surface area contributed by atoms with E-state index in [0.717, 1.165) is 38.5 Å². The number of nitrogens with zero attached hydrogens (tertiary/aromatic N) is 3. The molecule has 7 heteroatoms. The average molecular weight is 401 g/mol. The fourth-order valence-electron chi connectivity index (χ4n) is 3.74.